The maximum atomic E-state index is 11.8. The van der Waals surface area contributed by atoms with Crippen LogP contribution in [0.25, 0.3) is 0 Å². The van der Waals surface area contributed by atoms with Crippen LogP contribution in [0.1, 0.15) is 5.56 Å². The van der Waals surface area contributed by atoms with Crippen LogP contribution in [0.4, 0.5) is 5.82 Å². The average Bonchev–Trinajstić information content (AvgIpc) is 2.28. The third kappa shape index (κ3) is 3.72. The molecule has 0 saturated carbocycles. The number of benzene rings is 1. The number of rotatable bonds is 3. The number of pyridine rings is 1. The van der Waals surface area contributed by atoms with Crippen LogP contribution >= 0.6 is 23.2 Å². The zero-order valence-corrected chi connectivity index (χ0v) is 10.9. The Balaban J connectivity index is 2.01. The first-order chi connectivity index (χ1) is 8.63. The maximum Gasteiger partial charge on any atom is 0.229 e. The van der Waals surface area contributed by atoms with Gasteiger partial charge in [-0.05, 0) is 29.8 Å². The molecule has 0 radical (unpaired) electrons. The first-order valence-corrected chi connectivity index (χ1v) is 6.05. The van der Waals surface area contributed by atoms with Gasteiger partial charge in [0.15, 0.2) is 0 Å². The normalized spacial score (nSPS) is 10.1. The SMILES string of the molecule is O=C(Cc1cccc(Cl)c1)Nc1cc(Cl)ccn1. The molecule has 0 aliphatic rings. The summed E-state index contributed by atoms with van der Waals surface area (Å²) >= 11 is 11.6. The van der Waals surface area contributed by atoms with Crippen LogP contribution in [0.2, 0.25) is 10.0 Å². The van der Waals surface area contributed by atoms with Crippen LogP contribution in [0.5, 0.6) is 0 Å². The van der Waals surface area contributed by atoms with E-state index in [4.69, 9.17) is 23.2 Å². The molecule has 5 heteroatoms. The molecular weight excluding hydrogens is 271 g/mol. The molecule has 0 bridgehead atoms. The molecule has 18 heavy (non-hydrogen) atoms. The van der Waals surface area contributed by atoms with Crippen LogP contribution in [0.15, 0.2) is 42.6 Å². The van der Waals surface area contributed by atoms with Gasteiger partial charge in [0.2, 0.25) is 5.91 Å². The van der Waals surface area contributed by atoms with Gasteiger partial charge in [-0.3, -0.25) is 4.79 Å². The fourth-order valence-electron chi connectivity index (χ4n) is 1.49. The lowest BCUT2D eigenvalue weighted by Crippen LogP contribution is -2.15. The van der Waals surface area contributed by atoms with Crippen molar-refractivity contribution in [3.63, 3.8) is 0 Å². The van der Waals surface area contributed by atoms with Gasteiger partial charge in [0, 0.05) is 16.2 Å². The number of carbonyl (C=O) groups is 1. The van der Waals surface area contributed by atoms with Gasteiger partial charge in [0.25, 0.3) is 0 Å². The van der Waals surface area contributed by atoms with Gasteiger partial charge in [-0.25, -0.2) is 4.98 Å². The molecule has 1 aromatic heterocycles. The van der Waals surface area contributed by atoms with Crippen molar-refractivity contribution in [2.45, 2.75) is 6.42 Å². The predicted octanol–water partition coefficient (Wildman–Crippen LogP) is 3.57. The van der Waals surface area contributed by atoms with E-state index in [1.807, 2.05) is 12.1 Å². The standard InChI is InChI=1S/C13H10Cl2N2O/c14-10-3-1-2-9(6-10)7-13(18)17-12-8-11(15)4-5-16-12/h1-6,8H,7H2,(H,16,17,18). The van der Waals surface area contributed by atoms with E-state index in [9.17, 15) is 4.79 Å². The van der Waals surface area contributed by atoms with Crippen LogP contribution in [-0.4, -0.2) is 10.9 Å². The Morgan fingerprint density at radius 3 is 2.67 bits per heavy atom. The van der Waals surface area contributed by atoms with Crippen molar-refractivity contribution in [2.24, 2.45) is 0 Å². The molecule has 3 nitrogen and oxygen atoms in total. The Bertz CT molecular complexity index is 523. The van der Waals surface area contributed by atoms with Crippen molar-refractivity contribution in [3.8, 4) is 0 Å². The summed E-state index contributed by atoms with van der Waals surface area (Å²) < 4.78 is 0. The highest BCUT2D eigenvalue weighted by Gasteiger charge is 2.05. The molecule has 0 spiro atoms. The topological polar surface area (TPSA) is 42.0 Å². The van der Waals surface area contributed by atoms with Gasteiger partial charge in [-0.2, -0.15) is 0 Å². The first-order valence-electron chi connectivity index (χ1n) is 5.29. The number of hydrogen-bond donors (Lipinski definition) is 1. The molecule has 0 saturated heterocycles. The molecule has 1 heterocycles. The number of amides is 1. The number of carbonyl (C=O) groups excluding carboxylic acids is 1. The Hall–Kier alpha value is -1.58. The summed E-state index contributed by atoms with van der Waals surface area (Å²) in [5, 5.41) is 3.82. The molecule has 0 aliphatic carbocycles. The summed E-state index contributed by atoms with van der Waals surface area (Å²) in [6, 6.07) is 10.4. The fourth-order valence-corrected chi connectivity index (χ4v) is 1.87. The highest BCUT2D eigenvalue weighted by Crippen LogP contribution is 2.14. The van der Waals surface area contributed by atoms with Gasteiger partial charge < -0.3 is 5.32 Å². The summed E-state index contributed by atoms with van der Waals surface area (Å²) in [6.45, 7) is 0. The maximum absolute atomic E-state index is 11.8. The van der Waals surface area contributed by atoms with E-state index >= 15 is 0 Å². The third-order valence-corrected chi connectivity index (χ3v) is 2.71. The van der Waals surface area contributed by atoms with Crippen LogP contribution in [-0.2, 0) is 11.2 Å². The van der Waals surface area contributed by atoms with Crippen molar-refractivity contribution < 1.29 is 4.79 Å². The number of anilines is 1. The fraction of sp³-hybridized carbons (Fsp3) is 0.0769. The molecule has 0 unspecified atom stereocenters. The van der Waals surface area contributed by atoms with Gasteiger partial charge in [0.05, 0.1) is 6.42 Å². The summed E-state index contributed by atoms with van der Waals surface area (Å²) in [5.74, 6) is 0.279. The van der Waals surface area contributed by atoms with E-state index in [1.165, 1.54) is 6.20 Å². The van der Waals surface area contributed by atoms with Crippen molar-refractivity contribution in [1.82, 2.24) is 4.98 Å². The minimum Gasteiger partial charge on any atom is -0.310 e. The van der Waals surface area contributed by atoms with Crippen molar-refractivity contribution >= 4 is 34.9 Å². The molecule has 92 valence electrons. The number of nitrogens with one attached hydrogen (secondary N) is 1. The Kier molecular flexibility index (Phi) is 4.18. The number of nitrogens with zero attached hydrogens (tertiary/aromatic N) is 1. The van der Waals surface area contributed by atoms with E-state index < -0.39 is 0 Å². The van der Waals surface area contributed by atoms with Gasteiger partial charge >= 0.3 is 0 Å². The lowest BCUT2D eigenvalue weighted by Gasteiger charge is -2.05. The van der Waals surface area contributed by atoms with Gasteiger partial charge in [0.1, 0.15) is 5.82 Å². The smallest absolute Gasteiger partial charge is 0.229 e. The minimum absolute atomic E-state index is 0.160. The quantitative estimate of drug-likeness (QED) is 0.934. The van der Waals surface area contributed by atoms with E-state index in [0.29, 0.717) is 15.9 Å². The molecular formula is C13H10Cl2N2O. The highest BCUT2D eigenvalue weighted by atomic mass is 35.5. The minimum atomic E-state index is -0.160. The largest absolute Gasteiger partial charge is 0.310 e. The van der Waals surface area contributed by atoms with E-state index in [2.05, 4.69) is 10.3 Å². The average molecular weight is 281 g/mol. The van der Waals surface area contributed by atoms with Gasteiger partial charge in [-0.1, -0.05) is 35.3 Å². The molecule has 0 fully saturated rings. The van der Waals surface area contributed by atoms with Crippen molar-refractivity contribution in [1.29, 1.82) is 0 Å². The first kappa shape index (κ1) is 12.9. The molecule has 2 rings (SSSR count). The Labute approximate surface area is 115 Å². The lowest BCUT2D eigenvalue weighted by molar-refractivity contribution is -0.115. The van der Waals surface area contributed by atoms with E-state index in [1.54, 1.807) is 24.3 Å². The molecule has 1 aromatic carbocycles. The predicted molar refractivity (Wildman–Crippen MR) is 73.0 cm³/mol. The second-order valence-electron chi connectivity index (χ2n) is 3.71. The number of hydrogen-bond acceptors (Lipinski definition) is 2. The van der Waals surface area contributed by atoms with Crippen LogP contribution in [0.3, 0.4) is 0 Å². The monoisotopic (exact) mass is 280 g/mol. The summed E-state index contributed by atoms with van der Waals surface area (Å²) in [4.78, 5) is 15.8. The van der Waals surface area contributed by atoms with Gasteiger partial charge in [-0.15, -0.1) is 0 Å². The van der Waals surface area contributed by atoms with E-state index in [0.717, 1.165) is 5.56 Å². The van der Waals surface area contributed by atoms with Crippen LogP contribution in [0, 0.1) is 0 Å². The zero-order valence-electron chi connectivity index (χ0n) is 9.36. The third-order valence-electron chi connectivity index (χ3n) is 2.24. The second-order valence-corrected chi connectivity index (χ2v) is 4.59. The number of aromatic nitrogens is 1. The molecule has 2 aromatic rings. The summed E-state index contributed by atoms with van der Waals surface area (Å²) in [7, 11) is 0. The van der Waals surface area contributed by atoms with E-state index in [-0.39, 0.29) is 12.3 Å². The van der Waals surface area contributed by atoms with Crippen LogP contribution < -0.4 is 5.32 Å². The highest BCUT2D eigenvalue weighted by molar-refractivity contribution is 6.31. The lowest BCUT2D eigenvalue weighted by atomic mass is 10.1. The van der Waals surface area contributed by atoms with Crippen molar-refractivity contribution in [3.05, 3.63) is 58.2 Å². The summed E-state index contributed by atoms with van der Waals surface area (Å²) in [5.41, 5.74) is 0.849. The Morgan fingerprint density at radius 1 is 1.17 bits per heavy atom. The number of halogens is 2. The molecule has 1 N–H and O–H groups in total. The molecule has 0 atom stereocenters. The van der Waals surface area contributed by atoms with Crippen molar-refractivity contribution in [2.75, 3.05) is 5.32 Å². The molecule has 0 aliphatic heterocycles. The molecule has 1 amide bonds. The second kappa shape index (κ2) is 5.85. The summed E-state index contributed by atoms with van der Waals surface area (Å²) in [6.07, 6.45) is 1.78. The Morgan fingerprint density at radius 2 is 1.94 bits per heavy atom. The zero-order chi connectivity index (χ0) is 13.0.